The number of methoxy groups -OCH3 is 1. The summed E-state index contributed by atoms with van der Waals surface area (Å²) in [6, 6.07) is 8.89. The van der Waals surface area contributed by atoms with Crippen molar-refractivity contribution in [3.05, 3.63) is 58.9 Å². The highest BCUT2D eigenvalue weighted by atomic mass is 35.5. The molecular weight excluding hydrogens is 497 g/mol. The summed E-state index contributed by atoms with van der Waals surface area (Å²) in [5, 5.41) is 3.09. The molecule has 0 aromatic heterocycles. The van der Waals surface area contributed by atoms with Crippen molar-refractivity contribution in [2.75, 3.05) is 24.2 Å². The maximum Gasteiger partial charge on any atom is 0.244 e. The van der Waals surface area contributed by atoms with Gasteiger partial charge in [0.25, 0.3) is 0 Å². The number of carbonyl (C=O) groups is 2. The summed E-state index contributed by atoms with van der Waals surface area (Å²) in [6.45, 7) is 4.69. The summed E-state index contributed by atoms with van der Waals surface area (Å²) in [7, 11) is -2.57. The Balaban J connectivity index is 2.45. The third-order valence-electron chi connectivity index (χ3n) is 5.52. The second kappa shape index (κ2) is 12.2. The molecule has 0 aliphatic heterocycles. The van der Waals surface area contributed by atoms with Crippen molar-refractivity contribution in [2.45, 2.75) is 45.8 Å². The molecule has 2 amide bonds. The number of hydrogen-bond donors (Lipinski definition) is 1. The van der Waals surface area contributed by atoms with Crippen LogP contribution in [0.4, 0.5) is 10.1 Å². The minimum atomic E-state index is -3.95. The molecule has 0 fully saturated rings. The van der Waals surface area contributed by atoms with Gasteiger partial charge in [-0.2, -0.15) is 0 Å². The summed E-state index contributed by atoms with van der Waals surface area (Å²) in [5.41, 5.74) is 0.670. The first-order chi connectivity index (χ1) is 16.4. The fourth-order valence-electron chi connectivity index (χ4n) is 3.29. The lowest BCUT2D eigenvalue weighted by molar-refractivity contribution is -0.139. The second-order valence-corrected chi connectivity index (χ2v) is 10.6. The molecule has 0 aliphatic carbocycles. The molecule has 0 spiro atoms. The Bertz CT molecular complexity index is 1140. The Morgan fingerprint density at radius 2 is 1.77 bits per heavy atom. The predicted octanol–water partition coefficient (Wildman–Crippen LogP) is 3.59. The van der Waals surface area contributed by atoms with Gasteiger partial charge in [0.05, 0.1) is 19.1 Å². The van der Waals surface area contributed by atoms with Gasteiger partial charge in [-0.15, -0.1) is 0 Å². The number of halogens is 2. The normalized spacial score (nSPS) is 13.0. The molecule has 2 aromatic rings. The zero-order chi connectivity index (χ0) is 26.3. The molecule has 0 saturated carbocycles. The van der Waals surface area contributed by atoms with E-state index in [4.69, 9.17) is 16.3 Å². The molecule has 0 bridgehead atoms. The van der Waals surface area contributed by atoms with Crippen LogP contribution in [0.1, 0.15) is 32.8 Å². The van der Waals surface area contributed by atoms with Crippen molar-refractivity contribution in [1.82, 2.24) is 10.2 Å². The molecule has 2 aromatic carbocycles. The molecule has 192 valence electrons. The van der Waals surface area contributed by atoms with Crippen LogP contribution < -0.4 is 14.4 Å². The van der Waals surface area contributed by atoms with E-state index in [2.05, 4.69) is 5.32 Å². The predicted molar refractivity (Wildman–Crippen MR) is 135 cm³/mol. The number of carbonyl (C=O) groups excluding carboxylic acids is 2. The molecule has 0 heterocycles. The lowest BCUT2D eigenvalue weighted by atomic mass is 10.1. The van der Waals surface area contributed by atoms with E-state index in [0.717, 1.165) is 10.6 Å². The van der Waals surface area contributed by atoms with Crippen molar-refractivity contribution in [1.29, 1.82) is 0 Å². The first-order valence-electron chi connectivity index (χ1n) is 11.0. The van der Waals surface area contributed by atoms with Gasteiger partial charge >= 0.3 is 0 Å². The maximum absolute atomic E-state index is 13.5. The third-order valence-corrected chi connectivity index (χ3v) is 6.88. The van der Waals surface area contributed by atoms with E-state index in [0.29, 0.717) is 12.0 Å². The lowest BCUT2D eigenvalue weighted by Crippen LogP contribution is -2.52. The first kappa shape index (κ1) is 28.4. The number of amides is 2. The number of rotatable bonds is 11. The van der Waals surface area contributed by atoms with E-state index in [1.165, 1.54) is 54.5 Å². The molecule has 0 radical (unpaired) electrons. The molecule has 2 rings (SSSR count). The fraction of sp³-hybridized carbons (Fsp3) is 0.417. The monoisotopic (exact) mass is 527 g/mol. The van der Waals surface area contributed by atoms with Crippen LogP contribution in [0.15, 0.2) is 42.5 Å². The zero-order valence-corrected chi connectivity index (χ0v) is 22.0. The molecule has 2 unspecified atom stereocenters. The molecule has 35 heavy (non-hydrogen) atoms. The topological polar surface area (TPSA) is 96.0 Å². The fourth-order valence-corrected chi connectivity index (χ4v) is 4.30. The van der Waals surface area contributed by atoms with Crippen molar-refractivity contribution >= 4 is 39.1 Å². The summed E-state index contributed by atoms with van der Waals surface area (Å²) in [4.78, 5) is 27.7. The number of benzene rings is 2. The van der Waals surface area contributed by atoms with Crippen LogP contribution in [0.5, 0.6) is 5.75 Å². The first-order valence-corrected chi connectivity index (χ1v) is 13.3. The average Bonchev–Trinajstić information content (AvgIpc) is 2.80. The second-order valence-electron chi connectivity index (χ2n) is 8.23. The minimum Gasteiger partial charge on any atom is -0.495 e. The van der Waals surface area contributed by atoms with Crippen LogP contribution in [0, 0.1) is 5.82 Å². The zero-order valence-electron chi connectivity index (χ0n) is 20.4. The molecule has 0 aliphatic rings. The van der Waals surface area contributed by atoms with E-state index in [-0.39, 0.29) is 35.0 Å². The van der Waals surface area contributed by atoms with Crippen LogP contribution in [0.25, 0.3) is 0 Å². The summed E-state index contributed by atoms with van der Waals surface area (Å²) in [5.74, 6) is -1.25. The Kier molecular flexibility index (Phi) is 9.91. The highest BCUT2D eigenvalue weighted by Gasteiger charge is 2.31. The standard InChI is InChI=1S/C24H31ClFN3O5S/c1-6-16(2)27-24(31)17(3)28(14-18-7-10-20(26)11-8-18)23(30)15-29(35(5,32)33)21-13-19(25)9-12-22(21)34-4/h7-13,16-17H,6,14-15H2,1-5H3,(H,27,31). The quantitative estimate of drug-likeness (QED) is 0.482. The van der Waals surface area contributed by atoms with Crippen LogP contribution >= 0.6 is 11.6 Å². The van der Waals surface area contributed by atoms with Crippen LogP contribution in [0.2, 0.25) is 5.02 Å². The van der Waals surface area contributed by atoms with Gasteiger partial charge in [0.1, 0.15) is 24.2 Å². The van der Waals surface area contributed by atoms with Crippen molar-refractivity contribution in [2.24, 2.45) is 0 Å². The Labute approximate surface area is 211 Å². The van der Waals surface area contributed by atoms with Gasteiger partial charge in [0.15, 0.2) is 0 Å². The SMILES string of the molecule is CCC(C)NC(=O)C(C)N(Cc1ccc(F)cc1)C(=O)CN(c1cc(Cl)ccc1OC)S(C)(=O)=O. The number of hydrogen-bond acceptors (Lipinski definition) is 5. The molecule has 8 nitrogen and oxygen atoms in total. The van der Waals surface area contributed by atoms with Gasteiger partial charge in [0.2, 0.25) is 21.8 Å². The summed E-state index contributed by atoms with van der Waals surface area (Å²) in [6.07, 6.45) is 1.66. The van der Waals surface area contributed by atoms with E-state index >= 15 is 0 Å². The van der Waals surface area contributed by atoms with Gasteiger partial charge in [0, 0.05) is 17.6 Å². The molecular formula is C24H31ClFN3O5S. The van der Waals surface area contributed by atoms with Crippen LogP contribution in [0.3, 0.4) is 0 Å². The minimum absolute atomic E-state index is 0.0293. The van der Waals surface area contributed by atoms with Gasteiger partial charge in [-0.3, -0.25) is 13.9 Å². The van der Waals surface area contributed by atoms with Gasteiger partial charge < -0.3 is 15.0 Å². The van der Waals surface area contributed by atoms with Crippen molar-refractivity contribution in [3.8, 4) is 5.75 Å². The summed E-state index contributed by atoms with van der Waals surface area (Å²) < 4.78 is 44.9. The van der Waals surface area contributed by atoms with Crippen LogP contribution in [-0.4, -0.2) is 57.1 Å². The smallest absolute Gasteiger partial charge is 0.244 e. The highest BCUT2D eigenvalue weighted by Crippen LogP contribution is 2.33. The highest BCUT2D eigenvalue weighted by molar-refractivity contribution is 7.92. The Morgan fingerprint density at radius 1 is 1.14 bits per heavy atom. The lowest BCUT2D eigenvalue weighted by Gasteiger charge is -2.32. The number of sulfonamides is 1. The van der Waals surface area contributed by atoms with Gasteiger partial charge in [-0.25, -0.2) is 12.8 Å². The Morgan fingerprint density at radius 3 is 2.31 bits per heavy atom. The van der Waals surface area contributed by atoms with Gasteiger partial charge in [-0.05, 0) is 56.2 Å². The van der Waals surface area contributed by atoms with E-state index in [9.17, 15) is 22.4 Å². The molecule has 0 saturated heterocycles. The largest absolute Gasteiger partial charge is 0.495 e. The summed E-state index contributed by atoms with van der Waals surface area (Å²) >= 11 is 6.09. The number of nitrogens with zero attached hydrogens (tertiary/aromatic N) is 2. The molecule has 2 atom stereocenters. The van der Waals surface area contributed by atoms with E-state index < -0.39 is 34.3 Å². The molecule has 11 heteroatoms. The van der Waals surface area contributed by atoms with Crippen molar-refractivity contribution < 1.29 is 27.1 Å². The van der Waals surface area contributed by atoms with Crippen molar-refractivity contribution in [3.63, 3.8) is 0 Å². The molecule has 1 N–H and O–H groups in total. The van der Waals surface area contributed by atoms with Gasteiger partial charge in [-0.1, -0.05) is 30.7 Å². The average molecular weight is 528 g/mol. The van der Waals surface area contributed by atoms with Crippen LogP contribution in [-0.2, 0) is 26.2 Å². The Hall–Kier alpha value is -2.85. The maximum atomic E-state index is 13.5. The van der Waals surface area contributed by atoms with E-state index in [1.807, 2.05) is 13.8 Å². The van der Waals surface area contributed by atoms with E-state index in [1.54, 1.807) is 6.92 Å². The number of nitrogens with one attached hydrogen (secondary N) is 1. The third kappa shape index (κ3) is 7.83. The number of anilines is 1. The number of ether oxygens (including phenoxy) is 1.